The molecule has 0 saturated heterocycles. The Morgan fingerprint density at radius 1 is 1.29 bits per heavy atom. The number of carboxylic acids is 1. The van der Waals surface area contributed by atoms with Gasteiger partial charge in [-0.25, -0.2) is 14.0 Å². The molecule has 0 aromatic heterocycles. The van der Waals surface area contributed by atoms with Crippen molar-refractivity contribution in [3.8, 4) is 0 Å². The number of carboxylic acid groups (broad SMARTS) is 2. The summed E-state index contributed by atoms with van der Waals surface area (Å²) in [4.78, 5) is 20.5. The Morgan fingerprint density at radius 3 is 2.36 bits per heavy atom. The molecule has 0 radical (unpaired) electrons. The van der Waals surface area contributed by atoms with Crippen LogP contribution in [0.5, 0.6) is 0 Å². The maximum absolute atomic E-state index is 13.0. The average Bonchev–Trinajstić information content (AvgIpc) is 2.07. The first-order valence-electron chi connectivity index (χ1n) is 3.53. The standard InChI is InChI=1S/C8H6FNO4/c9-5-3-4(7(11)12)1-2-6(5)10-8(13)14/h1-3,10H,(H,11,12)(H,13,14). The van der Waals surface area contributed by atoms with Crippen LogP contribution in [-0.2, 0) is 0 Å². The molecule has 0 atom stereocenters. The second kappa shape index (κ2) is 3.73. The van der Waals surface area contributed by atoms with E-state index >= 15 is 0 Å². The molecule has 0 saturated carbocycles. The van der Waals surface area contributed by atoms with Gasteiger partial charge in [0.25, 0.3) is 0 Å². The minimum Gasteiger partial charge on any atom is -0.478 e. The largest absolute Gasteiger partial charge is 0.478 e. The lowest BCUT2D eigenvalue weighted by Crippen LogP contribution is -2.09. The fourth-order valence-corrected chi connectivity index (χ4v) is 0.865. The van der Waals surface area contributed by atoms with Gasteiger partial charge in [0, 0.05) is 0 Å². The van der Waals surface area contributed by atoms with Crippen LogP contribution >= 0.6 is 0 Å². The Hall–Kier alpha value is -2.11. The van der Waals surface area contributed by atoms with Crippen molar-refractivity contribution in [3.63, 3.8) is 0 Å². The highest BCUT2D eigenvalue weighted by atomic mass is 19.1. The number of benzene rings is 1. The molecule has 0 aliphatic rings. The van der Waals surface area contributed by atoms with Crippen molar-refractivity contribution in [1.82, 2.24) is 0 Å². The van der Waals surface area contributed by atoms with Gasteiger partial charge < -0.3 is 10.2 Å². The zero-order chi connectivity index (χ0) is 10.7. The third-order valence-corrected chi connectivity index (χ3v) is 1.46. The van der Waals surface area contributed by atoms with E-state index in [0.29, 0.717) is 0 Å². The number of amides is 1. The van der Waals surface area contributed by atoms with Gasteiger partial charge in [-0.1, -0.05) is 0 Å². The van der Waals surface area contributed by atoms with E-state index in [1.807, 2.05) is 0 Å². The molecular weight excluding hydrogens is 193 g/mol. The molecule has 0 unspecified atom stereocenters. The first-order valence-corrected chi connectivity index (χ1v) is 3.53. The summed E-state index contributed by atoms with van der Waals surface area (Å²) < 4.78 is 13.0. The molecule has 5 nitrogen and oxygen atoms in total. The molecule has 3 N–H and O–H groups in total. The first kappa shape index (κ1) is 9.97. The Kier molecular flexibility index (Phi) is 2.66. The van der Waals surface area contributed by atoms with Crippen LogP contribution in [0, 0.1) is 5.82 Å². The molecule has 1 amide bonds. The van der Waals surface area contributed by atoms with Crippen LogP contribution in [0.25, 0.3) is 0 Å². The van der Waals surface area contributed by atoms with Gasteiger partial charge in [0.05, 0.1) is 11.3 Å². The van der Waals surface area contributed by atoms with Gasteiger partial charge in [-0.15, -0.1) is 0 Å². The van der Waals surface area contributed by atoms with E-state index in [4.69, 9.17) is 10.2 Å². The topological polar surface area (TPSA) is 86.6 Å². The molecule has 1 aromatic rings. The predicted molar refractivity (Wildman–Crippen MR) is 45.0 cm³/mol. The number of halogens is 1. The van der Waals surface area contributed by atoms with Gasteiger partial charge in [-0.05, 0) is 18.2 Å². The zero-order valence-electron chi connectivity index (χ0n) is 6.82. The molecule has 0 bridgehead atoms. The highest BCUT2D eigenvalue weighted by molar-refractivity contribution is 5.89. The van der Waals surface area contributed by atoms with Crippen molar-refractivity contribution >= 4 is 17.7 Å². The third kappa shape index (κ3) is 2.19. The molecule has 0 heterocycles. The van der Waals surface area contributed by atoms with Crippen LogP contribution in [0.4, 0.5) is 14.9 Å². The Labute approximate surface area is 77.8 Å². The number of hydrogen-bond acceptors (Lipinski definition) is 2. The van der Waals surface area contributed by atoms with E-state index < -0.39 is 17.9 Å². The molecule has 1 rings (SSSR count). The number of hydrogen-bond donors (Lipinski definition) is 3. The minimum absolute atomic E-state index is 0.238. The molecule has 14 heavy (non-hydrogen) atoms. The summed E-state index contributed by atoms with van der Waals surface area (Å²) in [5, 5.41) is 18.5. The number of nitrogens with one attached hydrogen (secondary N) is 1. The lowest BCUT2D eigenvalue weighted by Gasteiger charge is -2.02. The molecule has 6 heteroatoms. The summed E-state index contributed by atoms with van der Waals surface area (Å²) in [5.41, 5.74) is -0.513. The molecule has 0 aliphatic carbocycles. The van der Waals surface area contributed by atoms with Gasteiger partial charge in [0.2, 0.25) is 0 Å². The second-order valence-corrected chi connectivity index (χ2v) is 2.43. The number of rotatable bonds is 2. The van der Waals surface area contributed by atoms with Gasteiger partial charge >= 0.3 is 12.1 Å². The number of carbonyl (C=O) groups is 2. The third-order valence-electron chi connectivity index (χ3n) is 1.46. The van der Waals surface area contributed by atoms with Gasteiger partial charge in [0.1, 0.15) is 5.82 Å². The van der Waals surface area contributed by atoms with E-state index in [1.54, 1.807) is 5.32 Å². The normalized spacial score (nSPS) is 9.50. The summed E-state index contributed by atoms with van der Waals surface area (Å²) in [6.07, 6.45) is -1.41. The molecule has 0 fully saturated rings. The monoisotopic (exact) mass is 199 g/mol. The minimum atomic E-state index is -1.41. The Balaban J connectivity index is 3.01. The van der Waals surface area contributed by atoms with Crippen molar-refractivity contribution in [2.24, 2.45) is 0 Å². The van der Waals surface area contributed by atoms with Crippen LogP contribution < -0.4 is 5.32 Å². The van der Waals surface area contributed by atoms with Gasteiger partial charge in [-0.3, -0.25) is 5.32 Å². The molecule has 0 aliphatic heterocycles. The molecule has 1 aromatic carbocycles. The van der Waals surface area contributed by atoms with Crippen molar-refractivity contribution in [2.45, 2.75) is 0 Å². The maximum atomic E-state index is 13.0. The second-order valence-electron chi connectivity index (χ2n) is 2.43. The van der Waals surface area contributed by atoms with Crippen molar-refractivity contribution in [3.05, 3.63) is 29.6 Å². The fraction of sp³-hybridized carbons (Fsp3) is 0. The highest BCUT2D eigenvalue weighted by Gasteiger charge is 2.09. The van der Waals surface area contributed by atoms with Crippen LogP contribution in [-0.4, -0.2) is 22.3 Å². The van der Waals surface area contributed by atoms with E-state index in [1.165, 1.54) is 0 Å². The van der Waals surface area contributed by atoms with Gasteiger partial charge in [-0.2, -0.15) is 0 Å². The van der Waals surface area contributed by atoms with Crippen LogP contribution in [0.2, 0.25) is 0 Å². The van der Waals surface area contributed by atoms with E-state index in [-0.39, 0.29) is 11.3 Å². The van der Waals surface area contributed by atoms with Crippen LogP contribution in [0.15, 0.2) is 18.2 Å². The first-order chi connectivity index (χ1) is 6.50. The Morgan fingerprint density at radius 2 is 1.93 bits per heavy atom. The van der Waals surface area contributed by atoms with Gasteiger partial charge in [0.15, 0.2) is 0 Å². The number of anilines is 1. The zero-order valence-corrected chi connectivity index (χ0v) is 6.82. The van der Waals surface area contributed by atoms with E-state index in [0.717, 1.165) is 18.2 Å². The molecular formula is C8H6FNO4. The summed E-state index contributed by atoms with van der Waals surface area (Å²) in [6.45, 7) is 0. The van der Waals surface area contributed by atoms with Crippen molar-refractivity contribution in [1.29, 1.82) is 0 Å². The summed E-state index contributed by atoms with van der Waals surface area (Å²) >= 11 is 0. The predicted octanol–water partition coefficient (Wildman–Crippen LogP) is 1.61. The lowest BCUT2D eigenvalue weighted by molar-refractivity contribution is 0.0696. The molecule has 74 valence electrons. The van der Waals surface area contributed by atoms with E-state index in [9.17, 15) is 14.0 Å². The SMILES string of the molecule is O=C(O)Nc1ccc(C(=O)O)cc1F. The smallest absolute Gasteiger partial charge is 0.409 e. The summed E-state index contributed by atoms with van der Waals surface area (Å²) in [7, 11) is 0. The average molecular weight is 199 g/mol. The number of aromatic carboxylic acids is 1. The maximum Gasteiger partial charge on any atom is 0.409 e. The quantitative estimate of drug-likeness (QED) is 0.675. The van der Waals surface area contributed by atoms with Crippen molar-refractivity contribution < 1.29 is 24.2 Å². The van der Waals surface area contributed by atoms with Crippen LogP contribution in [0.1, 0.15) is 10.4 Å². The Bertz CT molecular complexity index is 391. The summed E-state index contributed by atoms with van der Waals surface area (Å²) in [6, 6.07) is 2.90. The fourth-order valence-electron chi connectivity index (χ4n) is 0.865. The van der Waals surface area contributed by atoms with Crippen molar-refractivity contribution in [2.75, 3.05) is 5.32 Å². The van der Waals surface area contributed by atoms with Crippen LogP contribution in [0.3, 0.4) is 0 Å². The highest BCUT2D eigenvalue weighted by Crippen LogP contribution is 2.15. The summed E-state index contributed by atoms with van der Waals surface area (Å²) in [5.74, 6) is -2.20. The van der Waals surface area contributed by atoms with E-state index in [2.05, 4.69) is 0 Å². The lowest BCUT2D eigenvalue weighted by atomic mass is 10.2. The molecule has 0 spiro atoms.